The molecule has 9 heteroatoms. The largest absolute Gasteiger partial charge is 0.384 e. The van der Waals surface area contributed by atoms with E-state index < -0.39 is 0 Å². The normalized spacial score (nSPS) is 14.5. The van der Waals surface area contributed by atoms with Gasteiger partial charge >= 0.3 is 0 Å². The minimum atomic E-state index is 0.570. The second-order valence-corrected chi connectivity index (χ2v) is 10.2. The van der Waals surface area contributed by atoms with Crippen LogP contribution in [-0.2, 0) is 6.42 Å². The van der Waals surface area contributed by atoms with Crippen molar-refractivity contribution in [3.63, 3.8) is 0 Å². The van der Waals surface area contributed by atoms with Crippen LogP contribution in [0.5, 0.6) is 0 Å². The molecule has 0 aliphatic carbocycles. The lowest BCUT2D eigenvalue weighted by atomic mass is 10.1. The summed E-state index contributed by atoms with van der Waals surface area (Å²) < 4.78 is 0. The third-order valence-corrected chi connectivity index (χ3v) is 6.95. The Labute approximate surface area is 230 Å². The number of hydrogen-bond donors (Lipinski definition) is 2. The van der Waals surface area contributed by atoms with Gasteiger partial charge in [0.05, 0.1) is 0 Å². The molecule has 0 spiro atoms. The number of piperazine rings is 1. The Hall–Kier alpha value is -3.95. The van der Waals surface area contributed by atoms with E-state index in [2.05, 4.69) is 78.5 Å². The van der Waals surface area contributed by atoms with Crippen LogP contribution in [0.3, 0.4) is 0 Å². The molecule has 4 heterocycles. The summed E-state index contributed by atoms with van der Waals surface area (Å²) >= 11 is 0. The van der Waals surface area contributed by atoms with Gasteiger partial charge in [-0.1, -0.05) is 18.2 Å². The fraction of sp³-hybridized carbons (Fsp3) is 0.367. The number of pyridine rings is 1. The van der Waals surface area contributed by atoms with Gasteiger partial charge in [0.25, 0.3) is 0 Å². The van der Waals surface area contributed by atoms with Crippen LogP contribution in [0.25, 0.3) is 11.5 Å². The molecule has 0 bridgehead atoms. The lowest BCUT2D eigenvalue weighted by Crippen LogP contribution is -2.49. The van der Waals surface area contributed by atoms with Crippen molar-refractivity contribution in [2.45, 2.75) is 33.2 Å². The van der Waals surface area contributed by atoms with Gasteiger partial charge in [0, 0.05) is 75.5 Å². The molecule has 202 valence electrons. The lowest BCUT2D eigenvalue weighted by molar-refractivity contribution is 0.111. The van der Waals surface area contributed by atoms with Crippen LogP contribution >= 0.6 is 0 Å². The van der Waals surface area contributed by atoms with E-state index in [-0.39, 0.29) is 0 Å². The van der Waals surface area contributed by atoms with Crippen molar-refractivity contribution in [2.75, 3.05) is 49.9 Å². The van der Waals surface area contributed by atoms with E-state index in [0.29, 0.717) is 29.9 Å². The van der Waals surface area contributed by atoms with Gasteiger partial charge in [-0.25, -0.2) is 24.9 Å². The van der Waals surface area contributed by atoms with Crippen LogP contribution in [0, 0.1) is 6.92 Å². The minimum absolute atomic E-state index is 0.570. The Kier molecular flexibility index (Phi) is 8.70. The zero-order valence-electron chi connectivity index (χ0n) is 23.0. The monoisotopic (exact) mass is 523 g/mol. The molecule has 2 N–H and O–H groups in total. The summed E-state index contributed by atoms with van der Waals surface area (Å²) in [7, 11) is 0. The number of hydrogen-bond acceptors (Lipinski definition) is 9. The number of nitrogens with zero attached hydrogens (tertiary/aromatic N) is 7. The van der Waals surface area contributed by atoms with Crippen molar-refractivity contribution >= 4 is 17.3 Å². The molecule has 1 aromatic carbocycles. The van der Waals surface area contributed by atoms with E-state index in [0.717, 1.165) is 67.7 Å². The topological polar surface area (TPSA) is 95.0 Å². The van der Waals surface area contributed by atoms with Crippen molar-refractivity contribution in [3.8, 4) is 11.5 Å². The molecule has 5 rings (SSSR count). The molecule has 1 aliphatic heterocycles. The summed E-state index contributed by atoms with van der Waals surface area (Å²) in [6.07, 6.45) is 4.14. The highest BCUT2D eigenvalue weighted by molar-refractivity contribution is 5.56. The quantitative estimate of drug-likeness (QED) is 0.313. The van der Waals surface area contributed by atoms with Crippen molar-refractivity contribution in [3.05, 3.63) is 84.1 Å². The zero-order valence-corrected chi connectivity index (χ0v) is 23.0. The summed E-state index contributed by atoms with van der Waals surface area (Å²) in [5.41, 5.74) is 3.97. The van der Waals surface area contributed by atoms with Gasteiger partial charge in [0.15, 0.2) is 5.82 Å². The minimum Gasteiger partial charge on any atom is -0.384 e. The predicted octanol–water partition coefficient (Wildman–Crippen LogP) is 4.41. The Morgan fingerprint density at radius 3 is 2.31 bits per heavy atom. The average molecular weight is 524 g/mol. The van der Waals surface area contributed by atoms with Crippen molar-refractivity contribution in [1.82, 2.24) is 34.7 Å². The average Bonchev–Trinajstić information content (AvgIpc) is 2.95. The molecule has 0 amide bonds. The first-order chi connectivity index (χ1) is 19.0. The number of aromatic nitrogens is 5. The van der Waals surface area contributed by atoms with E-state index >= 15 is 0 Å². The van der Waals surface area contributed by atoms with Gasteiger partial charge in [-0.15, -0.1) is 0 Å². The molecule has 3 aromatic heterocycles. The Balaban J connectivity index is 1.12. The maximum atomic E-state index is 4.70. The van der Waals surface area contributed by atoms with Crippen LogP contribution in [0.2, 0.25) is 0 Å². The predicted molar refractivity (Wildman–Crippen MR) is 156 cm³/mol. The number of anilines is 3. The van der Waals surface area contributed by atoms with Gasteiger partial charge in [-0.3, -0.25) is 9.80 Å². The molecule has 1 fully saturated rings. The van der Waals surface area contributed by atoms with Crippen molar-refractivity contribution < 1.29 is 0 Å². The molecule has 1 aliphatic rings. The SMILES string of the molecule is Cc1cccc(-c2nccc(Nc3ccnc(Cc4ccc(NCCN5CCN(C(C)C)CC5)cc4)n3)n2)n1. The molecule has 1 saturated heterocycles. The van der Waals surface area contributed by atoms with Crippen LogP contribution in [0.4, 0.5) is 17.3 Å². The Morgan fingerprint density at radius 2 is 1.56 bits per heavy atom. The molecule has 4 aromatic rings. The molecule has 9 nitrogen and oxygen atoms in total. The van der Waals surface area contributed by atoms with Crippen LogP contribution in [0.15, 0.2) is 67.0 Å². The van der Waals surface area contributed by atoms with E-state index in [4.69, 9.17) is 4.98 Å². The number of aryl methyl sites for hydroxylation is 1. The molecule has 0 saturated carbocycles. The maximum absolute atomic E-state index is 4.70. The maximum Gasteiger partial charge on any atom is 0.180 e. The van der Waals surface area contributed by atoms with Gasteiger partial charge in [-0.05, 0) is 62.7 Å². The van der Waals surface area contributed by atoms with Crippen LogP contribution < -0.4 is 10.6 Å². The second kappa shape index (κ2) is 12.7. The molecule has 0 atom stereocenters. The first kappa shape index (κ1) is 26.6. The van der Waals surface area contributed by atoms with E-state index in [1.54, 1.807) is 12.4 Å². The second-order valence-electron chi connectivity index (χ2n) is 10.2. The van der Waals surface area contributed by atoms with Gasteiger partial charge < -0.3 is 10.6 Å². The molecular formula is C30H37N9. The van der Waals surface area contributed by atoms with E-state index in [9.17, 15) is 0 Å². The summed E-state index contributed by atoms with van der Waals surface area (Å²) in [6.45, 7) is 13.1. The summed E-state index contributed by atoms with van der Waals surface area (Å²) in [5.74, 6) is 2.66. The van der Waals surface area contributed by atoms with Crippen LogP contribution in [-0.4, -0.2) is 80.0 Å². The standard InChI is InChI=1S/C30H37N9/c1-22(2)39-19-17-38(18-20-39)16-15-31-25-9-7-24(8-10-25)21-29-32-13-11-27(36-29)35-28-12-14-33-30(37-28)26-6-4-5-23(3)34-26/h4-14,22,31H,15-21H2,1-3H3,(H,32,33,35,36,37). The molecule has 39 heavy (non-hydrogen) atoms. The smallest absolute Gasteiger partial charge is 0.180 e. The van der Waals surface area contributed by atoms with Gasteiger partial charge in [0.1, 0.15) is 23.2 Å². The van der Waals surface area contributed by atoms with Gasteiger partial charge in [-0.2, -0.15) is 0 Å². The first-order valence-corrected chi connectivity index (χ1v) is 13.7. The van der Waals surface area contributed by atoms with Crippen LogP contribution in [0.1, 0.15) is 30.9 Å². The molecule has 0 unspecified atom stereocenters. The summed E-state index contributed by atoms with van der Waals surface area (Å²) in [6, 6.07) is 18.7. The highest BCUT2D eigenvalue weighted by atomic mass is 15.3. The Morgan fingerprint density at radius 1 is 0.821 bits per heavy atom. The highest BCUT2D eigenvalue weighted by Gasteiger charge is 2.18. The summed E-state index contributed by atoms with van der Waals surface area (Å²) in [4.78, 5) is 27.8. The highest BCUT2D eigenvalue weighted by Crippen LogP contribution is 2.18. The number of nitrogens with one attached hydrogen (secondary N) is 2. The van der Waals surface area contributed by atoms with Gasteiger partial charge in [0.2, 0.25) is 0 Å². The third-order valence-electron chi connectivity index (χ3n) is 6.95. The summed E-state index contributed by atoms with van der Waals surface area (Å²) in [5, 5.41) is 6.84. The third kappa shape index (κ3) is 7.55. The zero-order chi connectivity index (χ0) is 27.0. The van der Waals surface area contributed by atoms with Crippen molar-refractivity contribution in [2.24, 2.45) is 0 Å². The number of benzene rings is 1. The lowest BCUT2D eigenvalue weighted by Gasteiger charge is -2.36. The van der Waals surface area contributed by atoms with E-state index in [1.807, 2.05) is 37.3 Å². The molecule has 0 radical (unpaired) electrons. The Bertz CT molecular complexity index is 1350. The fourth-order valence-electron chi connectivity index (χ4n) is 4.69. The number of rotatable bonds is 10. The molecular weight excluding hydrogens is 486 g/mol. The van der Waals surface area contributed by atoms with E-state index in [1.165, 1.54) is 0 Å². The first-order valence-electron chi connectivity index (χ1n) is 13.7. The van der Waals surface area contributed by atoms with Crippen molar-refractivity contribution in [1.29, 1.82) is 0 Å². The fourth-order valence-corrected chi connectivity index (χ4v) is 4.69.